The highest BCUT2D eigenvalue weighted by Gasteiger charge is 2.11. The van der Waals surface area contributed by atoms with Gasteiger partial charge >= 0.3 is 0 Å². The standard InChI is InChI=1S/C10H22N2O2/c1-5-14-12-9(4)10(13)11-7-6-8(2)3/h8-9,12H,5-7H2,1-4H3,(H,11,13). The lowest BCUT2D eigenvalue weighted by atomic mass is 10.1. The first-order valence-electron chi connectivity index (χ1n) is 5.23. The molecule has 0 fully saturated rings. The van der Waals surface area contributed by atoms with Crippen molar-refractivity contribution in [1.82, 2.24) is 10.8 Å². The predicted octanol–water partition coefficient (Wildman–Crippen LogP) is 1.08. The molecule has 1 atom stereocenters. The molecule has 2 N–H and O–H groups in total. The van der Waals surface area contributed by atoms with Gasteiger partial charge in [0.05, 0.1) is 6.61 Å². The van der Waals surface area contributed by atoms with Crippen LogP contribution in [0.2, 0.25) is 0 Å². The van der Waals surface area contributed by atoms with Crippen molar-refractivity contribution in [2.45, 2.75) is 40.2 Å². The Hall–Kier alpha value is -0.610. The van der Waals surface area contributed by atoms with E-state index in [4.69, 9.17) is 4.84 Å². The quantitative estimate of drug-likeness (QED) is 0.607. The molecule has 1 amide bonds. The summed E-state index contributed by atoms with van der Waals surface area (Å²) in [5.74, 6) is 0.601. The summed E-state index contributed by atoms with van der Waals surface area (Å²) in [5, 5.41) is 2.84. The van der Waals surface area contributed by atoms with Crippen LogP contribution in [0.5, 0.6) is 0 Å². The Morgan fingerprint density at radius 3 is 2.50 bits per heavy atom. The summed E-state index contributed by atoms with van der Waals surface area (Å²) in [7, 11) is 0. The molecule has 0 heterocycles. The highest BCUT2D eigenvalue weighted by molar-refractivity contribution is 5.81. The highest BCUT2D eigenvalue weighted by Crippen LogP contribution is 1.96. The van der Waals surface area contributed by atoms with Crippen molar-refractivity contribution < 1.29 is 9.63 Å². The zero-order chi connectivity index (χ0) is 11.0. The Labute approximate surface area is 86.4 Å². The smallest absolute Gasteiger partial charge is 0.239 e. The first kappa shape index (κ1) is 13.4. The van der Waals surface area contributed by atoms with E-state index < -0.39 is 0 Å². The summed E-state index contributed by atoms with van der Waals surface area (Å²) in [6.45, 7) is 9.21. The Bertz CT molecular complexity index is 160. The van der Waals surface area contributed by atoms with Gasteiger partial charge in [0.2, 0.25) is 5.91 Å². The summed E-state index contributed by atoms with van der Waals surface area (Å²) >= 11 is 0. The number of amides is 1. The average Bonchev–Trinajstić information content (AvgIpc) is 2.13. The van der Waals surface area contributed by atoms with Crippen molar-refractivity contribution in [2.24, 2.45) is 5.92 Å². The lowest BCUT2D eigenvalue weighted by Crippen LogP contribution is -2.42. The lowest BCUT2D eigenvalue weighted by molar-refractivity contribution is -0.126. The fourth-order valence-electron chi connectivity index (χ4n) is 0.899. The van der Waals surface area contributed by atoms with Crippen LogP contribution < -0.4 is 10.8 Å². The summed E-state index contributed by atoms with van der Waals surface area (Å²) in [6.07, 6.45) is 1.01. The maximum atomic E-state index is 11.4. The summed E-state index contributed by atoms with van der Waals surface area (Å²) in [4.78, 5) is 16.3. The number of hydrogen-bond acceptors (Lipinski definition) is 3. The lowest BCUT2D eigenvalue weighted by Gasteiger charge is -2.13. The van der Waals surface area contributed by atoms with E-state index in [-0.39, 0.29) is 11.9 Å². The third-order valence-corrected chi connectivity index (χ3v) is 1.82. The molecule has 0 aromatic rings. The second-order valence-electron chi connectivity index (χ2n) is 3.75. The van der Waals surface area contributed by atoms with E-state index >= 15 is 0 Å². The second-order valence-corrected chi connectivity index (χ2v) is 3.75. The largest absolute Gasteiger partial charge is 0.355 e. The molecule has 0 aliphatic carbocycles. The molecule has 4 heteroatoms. The minimum Gasteiger partial charge on any atom is -0.355 e. The van der Waals surface area contributed by atoms with Gasteiger partial charge in [-0.3, -0.25) is 4.79 Å². The maximum absolute atomic E-state index is 11.4. The topological polar surface area (TPSA) is 50.4 Å². The molecule has 84 valence electrons. The minimum absolute atomic E-state index is 0.0147. The van der Waals surface area contributed by atoms with Gasteiger partial charge in [-0.2, -0.15) is 5.48 Å². The van der Waals surface area contributed by atoms with E-state index in [0.717, 1.165) is 13.0 Å². The third kappa shape index (κ3) is 6.86. The molecule has 0 radical (unpaired) electrons. The molecular weight excluding hydrogens is 180 g/mol. The van der Waals surface area contributed by atoms with Gasteiger partial charge < -0.3 is 10.2 Å². The van der Waals surface area contributed by atoms with Crippen LogP contribution in [0.4, 0.5) is 0 Å². The van der Waals surface area contributed by atoms with Crippen LogP contribution in [0.3, 0.4) is 0 Å². The summed E-state index contributed by atoms with van der Waals surface area (Å²) < 4.78 is 0. The molecule has 0 aliphatic heterocycles. The van der Waals surface area contributed by atoms with Crippen molar-refractivity contribution >= 4 is 5.91 Å². The molecule has 0 rings (SSSR count). The van der Waals surface area contributed by atoms with Crippen molar-refractivity contribution in [1.29, 1.82) is 0 Å². The molecule has 0 aromatic carbocycles. The van der Waals surface area contributed by atoms with Gasteiger partial charge in [-0.1, -0.05) is 13.8 Å². The Morgan fingerprint density at radius 2 is 2.00 bits per heavy atom. The van der Waals surface area contributed by atoms with Crippen LogP contribution in [0.25, 0.3) is 0 Å². The fraction of sp³-hybridized carbons (Fsp3) is 0.900. The van der Waals surface area contributed by atoms with Crippen LogP contribution in [-0.4, -0.2) is 25.1 Å². The Morgan fingerprint density at radius 1 is 1.36 bits per heavy atom. The van der Waals surface area contributed by atoms with Crippen molar-refractivity contribution in [2.75, 3.05) is 13.2 Å². The third-order valence-electron chi connectivity index (χ3n) is 1.82. The van der Waals surface area contributed by atoms with Crippen LogP contribution in [0.1, 0.15) is 34.1 Å². The second kappa shape index (κ2) is 7.76. The van der Waals surface area contributed by atoms with Gasteiger partial charge in [0.1, 0.15) is 6.04 Å². The molecule has 4 nitrogen and oxygen atoms in total. The first-order chi connectivity index (χ1) is 6.57. The van der Waals surface area contributed by atoms with Gasteiger partial charge in [0.15, 0.2) is 0 Å². The van der Waals surface area contributed by atoms with Gasteiger partial charge in [-0.15, -0.1) is 0 Å². The average molecular weight is 202 g/mol. The zero-order valence-electron chi connectivity index (χ0n) is 9.59. The molecule has 0 aromatic heterocycles. The number of hydrogen-bond donors (Lipinski definition) is 2. The van der Waals surface area contributed by atoms with Gasteiger partial charge in [0, 0.05) is 6.54 Å². The highest BCUT2D eigenvalue weighted by atomic mass is 16.6. The molecule has 0 spiro atoms. The molecule has 0 bridgehead atoms. The summed E-state index contributed by atoms with van der Waals surface area (Å²) in [5.41, 5.74) is 2.66. The number of carbonyl (C=O) groups excluding carboxylic acids is 1. The monoisotopic (exact) mass is 202 g/mol. The minimum atomic E-state index is -0.290. The number of rotatable bonds is 7. The van der Waals surface area contributed by atoms with Crippen LogP contribution >= 0.6 is 0 Å². The maximum Gasteiger partial charge on any atom is 0.239 e. The Balaban J connectivity index is 3.52. The van der Waals surface area contributed by atoms with E-state index in [0.29, 0.717) is 12.5 Å². The number of carbonyl (C=O) groups is 1. The number of nitrogens with one attached hydrogen (secondary N) is 2. The van der Waals surface area contributed by atoms with Crippen molar-refractivity contribution in [3.63, 3.8) is 0 Å². The van der Waals surface area contributed by atoms with E-state index in [2.05, 4.69) is 24.6 Å². The van der Waals surface area contributed by atoms with Crippen LogP contribution in [0, 0.1) is 5.92 Å². The van der Waals surface area contributed by atoms with Crippen LogP contribution in [-0.2, 0) is 9.63 Å². The van der Waals surface area contributed by atoms with E-state index in [1.807, 2.05) is 6.92 Å². The molecule has 0 aliphatic rings. The van der Waals surface area contributed by atoms with Gasteiger partial charge in [0.25, 0.3) is 0 Å². The SMILES string of the molecule is CCONC(C)C(=O)NCCC(C)C. The Kier molecular flexibility index (Phi) is 7.42. The predicted molar refractivity (Wildman–Crippen MR) is 56.7 cm³/mol. The van der Waals surface area contributed by atoms with Crippen molar-refractivity contribution in [3.05, 3.63) is 0 Å². The van der Waals surface area contributed by atoms with E-state index in [1.54, 1.807) is 6.92 Å². The zero-order valence-corrected chi connectivity index (χ0v) is 9.59. The molecule has 14 heavy (non-hydrogen) atoms. The van der Waals surface area contributed by atoms with Gasteiger partial charge in [-0.05, 0) is 26.2 Å². The fourth-order valence-corrected chi connectivity index (χ4v) is 0.899. The van der Waals surface area contributed by atoms with Crippen molar-refractivity contribution in [3.8, 4) is 0 Å². The molecule has 0 saturated carbocycles. The van der Waals surface area contributed by atoms with E-state index in [1.165, 1.54) is 0 Å². The normalized spacial score (nSPS) is 12.9. The van der Waals surface area contributed by atoms with Gasteiger partial charge in [-0.25, -0.2) is 0 Å². The summed E-state index contributed by atoms with van der Waals surface area (Å²) in [6, 6.07) is -0.290. The molecule has 0 saturated heterocycles. The number of hydroxylamine groups is 1. The molecular formula is C10H22N2O2. The van der Waals surface area contributed by atoms with Crippen LogP contribution in [0.15, 0.2) is 0 Å². The van der Waals surface area contributed by atoms with E-state index in [9.17, 15) is 4.79 Å². The molecule has 1 unspecified atom stereocenters. The first-order valence-corrected chi connectivity index (χ1v) is 5.23.